The Morgan fingerprint density at radius 3 is 2.88 bits per heavy atom. The van der Waals surface area contributed by atoms with E-state index in [1.165, 1.54) is 0 Å². The molecule has 0 amide bonds. The van der Waals surface area contributed by atoms with Crippen molar-refractivity contribution in [3.05, 3.63) is 53.9 Å². The van der Waals surface area contributed by atoms with Gasteiger partial charge in [0.15, 0.2) is 0 Å². The molecule has 4 N–H and O–H groups in total. The highest BCUT2D eigenvalue weighted by atomic mass is 16.5. The van der Waals surface area contributed by atoms with Crippen LogP contribution < -0.4 is 10.5 Å². The van der Waals surface area contributed by atoms with Crippen LogP contribution in [-0.2, 0) is 11.4 Å². The molecule has 138 valence electrons. The summed E-state index contributed by atoms with van der Waals surface area (Å²) in [4.78, 5) is 19.0. The Balaban J connectivity index is 1.88. The van der Waals surface area contributed by atoms with Gasteiger partial charge in [-0.3, -0.25) is 14.8 Å². The molecule has 0 bridgehead atoms. The SMILES string of the molecule is NC(CCCC/N=C\c1c(O)cccc1OCc1cccnc1)C(=O)O. The summed E-state index contributed by atoms with van der Waals surface area (Å²) in [6.45, 7) is 0.855. The highest BCUT2D eigenvalue weighted by Gasteiger charge is 2.10. The Labute approximate surface area is 152 Å². The first-order valence-electron chi connectivity index (χ1n) is 8.40. The van der Waals surface area contributed by atoms with E-state index in [0.29, 0.717) is 37.3 Å². The van der Waals surface area contributed by atoms with Crippen LogP contribution in [0.15, 0.2) is 47.7 Å². The zero-order valence-corrected chi connectivity index (χ0v) is 14.4. The van der Waals surface area contributed by atoms with Crippen LogP contribution >= 0.6 is 0 Å². The predicted octanol–water partition coefficient (Wildman–Crippen LogP) is 2.37. The first-order chi connectivity index (χ1) is 12.6. The number of aromatic hydroxyl groups is 1. The molecule has 0 spiro atoms. The Morgan fingerprint density at radius 1 is 1.31 bits per heavy atom. The fraction of sp³-hybridized carbons (Fsp3) is 0.316. The molecule has 1 aromatic heterocycles. The molecule has 2 aromatic rings. The second-order valence-corrected chi connectivity index (χ2v) is 5.81. The number of nitrogens with two attached hydrogens (primary N) is 1. The van der Waals surface area contributed by atoms with Crippen molar-refractivity contribution in [2.45, 2.75) is 31.9 Å². The van der Waals surface area contributed by atoms with Gasteiger partial charge in [0.25, 0.3) is 0 Å². The van der Waals surface area contributed by atoms with E-state index >= 15 is 0 Å². The second-order valence-electron chi connectivity index (χ2n) is 5.81. The average Bonchev–Trinajstić information content (AvgIpc) is 2.64. The van der Waals surface area contributed by atoms with E-state index in [1.807, 2.05) is 12.1 Å². The third-order valence-corrected chi connectivity index (χ3v) is 3.75. The number of carboxylic acids is 1. The van der Waals surface area contributed by atoms with Crippen molar-refractivity contribution in [3.8, 4) is 11.5 Å². The number of ether oxygens (including phenoxy) is 1. The van der Waals surface area contributed by atoms with Crippen molar-refractivity contribution >= 4 is 12.2 Å². The number of hydrogen-bond donors (Lipinski definition) is 3. The van der Waals surface area contributed by atoms with Crippen LogP contribution in [0.3, 0.4) is 0 Å². The van der Waals surface area contributed by atoms with E-state index in [4.69, 9.17) is 15.6 Å². The summed E-state index contributed by atoms with van der Waals surface area (Å²) in [7, 11) is 0. The Hall–Kier alpha value is -2.93. The van der Waals surface area contributed by atoms with Gasteiger partial charge in [-0.15, -0.1) is 0 Å². The van der Waals surface area contributed by atoms with Crippen LogP contribution in [0, 0.1) is 0 Å². The van der Waals surface area contributed by atoms with Gasteiger partial charge in [0.2, 0.25) is 0 Å². The Bertz CT molecular complexity index is 735. The molecule has 1 unspecified atom stereocenters. The van der Waals surface area contributed by atoms with Crippen LogP contribution in [0.5, 0.6) is 11.5 Å². The molecule has 0 aliphatic heterocycles. The average molecular weight is 357 g/mol. The third kappa shape index (κ3) is 6.18. The topological polar surface area (TPSA) is 118 Å². The summed E-state index contributed by atoms with van der Waals surface area (Å²) in [5, 5.41) is 18.8. The summed E-state index contributed by atoms with van der Waals surface area (Å²) >= 11 is 0. The van der Waals surface area contributed by atoms with Gasteiger partial charge in [-0.2, -0.15) is 0 Å². The van der Waals surface area contributed by atoms with Crippen molar-refractivity contribution < 1.29 is 19.7 Å². The van der Waals surface area contributed by atoms with Crippen LogP contribution in [-0.4, -0.2) is 40.0 Å². The molecule has 7 heteroatoms. The van der Waals surface area contributed by atoms with Gasteiger partial charge in [-0.25, -0.2) is 0 Å². The molecule has 26 heavy (non-hydrogen) atoms. The first kappa shape index (κ1) is 19.4. The largest absolute Gasteiger partial charge is 0.507 e. The minimum atomic E-state index is -0.988. The Kier molecular flexibility index (Phi) is 7.57. The number of aliphatic carboxylic acids is 1. The van der Waals surface area contributed by atoms with E-state index in [1.54, 1.807) is 36.8 Å². The molecule has 0 aliphatic rings. The normalized spacial score (nSPS) is 12.2. The molecule has 0 aliphatic carbocycles. The minimum absolute atomic E-state index is 0.0883. The maximum Gasteiger partial charge on any atom is 0.320 e. The van der Waals surface area contributed by atoms with E-state index in [2.05, 4.69) is 9.98 Å². The molecule has 0 saturated heterocycles. The minimum Gasteiger partial charge on any atom is -0.507 e. The predicted molar refractivity (Wildman–Crippen MR) is 98.6 cm³/mol. The van der Waals surface area contributed by atoms with Crippen LogP contribution in [0.1, 0.15) is 30.4 Å². The van der Waals surface area contributed by atoms with Gasteiger partial charge < -0.3 is 20.7 Å². The lowest BCUT2D eigenvalue weighted by atomic mass is 10.1. The summed E-state index contributed by atoms with van der Waals surface area (Å²) in [5.74, 6) is -0.367. The van der Waals surface area contributed by atoms with Gasteiger partial charge in [-0.1, -0.05) is 12.1 Å². The number of aliphatic imine (C=N–C) groups is 1. The highest BCUT2D eigenvalue weighted by molar-refractivity contribution is 5.87. The van der Waals surface area contributed by atoms with Crippen LogP contribution in [0.2, 0.25) is 0 Å². The molecule has 1 aromatic carbocycles. The second kappa shape index (κ2) is 10.1. The first-order valence-corrected chi connectivity index (χ1v) is 8.40. The molecule has 1 atom stereocenters. The molecular weight excluding hydrogens is 334 g/mol. The van der Waals surface area contributed by atoms with E-state index in [0.717, 1.165) is 12.0 Å². The number of pyridine rings is 1. The molecular formula is C19H23N3O4. The van der Waals surface area contributed by atoms with E-state index in [-0.39, 0.29) is 5.75 Å². The summed E-state index contributed by atoms with van der Waals surface area (Å²) in [5.41, 5.74) is 6.89. The van der Waals surface area contributed by atoms with Gasteiger partial charge >= 0.3 is 5.97 Å². The zero-order chi connectivity index (χ0) is 18.8. The molecule has 7 nitrogen and oxygen atoms in total. The number of nitrogens with zero attached hydrogens (tertiary/aromatic N) is 2. The smallest absolute Gasteiger partial charge is 0.320 e. The molecule has 2 rings (SSSR count). The van der Waals surface area contributed by atoms with E-state index in [9.17, 15) is 9.90 Å². The quantitative estimate of drug-likeness (QED) is 0.444. The third-order valence-electron chi connectivity index (χ3n) is 3.75. The maximum atomic E-state index is 10.6. The lowest BCUT2D eigenvalue weighted by molar-refractivity contribution is -0.138. The van der Waals surface area contributed by atoms with Crippen molar-refractivity contribution in [1.29, 1.82) is 0 Å². The monoisotopic (exact) mass is 357 g/mol. The summed E-state index contributed by atoms with van der Waals surface area (Å²) < 4.78 is 5.77. The standard InChI is InChI=1S/C19H23N3O4/c20-16(19(24)25)6-1-2-9-22-12-15-17(23)7-3-8-18(15)26-13-14-5-4-10-21-11-14/h3-5,7-8,10-12,16,23H,1-2,6,9,13,20H2,(H,24,25)/b22-12-. The lowest BCUT2D eigenvalue weighted by Gasteiger charge is -2.10. The van der Waals surface area contributed by atoms with Gasteiger partial charge in [-0.05, 0) is 37.5 Å². The fourth-order valence-electron chi connectivity index (χ4n) is 2.28. The number of benzene rings is 1. The van der Waals surface area contributed by atoms with Crippen molar-refractivity contribution in [2.75, 3.05) is 6.54 Å². The number of unbranched alkanes of at least 4 members (excludes halogenated alkanes) is 1. The lowest BCUT2D eigenvalue weighted by Crippen LogP contribution is -2.29. The maximum absolute atomic E-state index is 10.6. The van der Waals surface area contributed by atoms with Crippen LogP contribution in [0.25, 0.3) is 0 Å². The number of hydrogen-bond acceptors (Lipinski definition) is 6. The number of carbonyl (C=O) groups is 1. The van der Waals surface area contributed by atoms with Crippen molar-refractivity contribution in [2.24, 2.45) is 10.7 Å². The number of carboxylic acid groups (broad SMARTS) is 1. The van der Waals surface area contributed by atoms with Gasteiger partial charge in [0.05, 0.1) is 5.56 Å². The van der Waals surface area contributed by atoms with E-state index < -0.39 is 12.0 Å². The van der Waals surface area contributed by atoms with Gasteiger partial charge in [0, 0.05) is 30.7 Å². The van der Waals surface area contributed by atoms with Crippen molar-refractivity contribution in [3.63, 3.8) is 0 Å². The molecule has 0 fully saturated rings. The molecule has 0 radical (unpaired) electrons. The number of phenols is 1. The van der Waals surface area contributed by atoms with Crippen molar-refractivity contribution in [1.82, 2.24) is 4.98 Å². The number of rotatable bonds is 10. The zero-order valence-electron chi connectivity index (χ0n) is 14.4. The summed E-state index contributed by atoms with van der Waals surface area (Å²) in [6.07, 6.45) is 6.80. The number of phenolic OH excluding ortho intramolecular Hbond substituents is 1. The Morgan fingerprint density at radius 2 is 2.15 bits per heavy atom. The van der Waals surface area contributed by atoms with Crippen LogP contribution in [0.4, 0.5) is 0 Å². The molecule has 1 heterocycles. The van der Waals surface area contributed by atoms with Gasteiger partial charge in [0.1, 0.15) is 24.1 Å². The number of aromatic nitrogens is 1. The highest BCUT2D eigenvalue weighted by Crippen LogP contribution is 2.26. The summed E-state index contributed by atoms with van der Waals surface area (Å²) in [6, 6.07) is 7.96. The fourth-order valence-corrected chi connectivity index (χ4v) is 2.28. The molecule has 0 saturated carbocycles.